The average Bonchev–Trinajstić information content (AvgIpc) is 2.46. The molecule has 0 saturated heterocycles. The minimum absolute atomic E-state index is 0.147. The zero-order valence-corrected chi connectivity index (χ0v) is 10.5. The van der Waals surface area contributed by atoms with Crippen LogP contribution in [0.15, 0.2) is 48.8 Å². The largest absolute Gasteiger partial charge is 0.484 e. The highest BCUT2D eigenvalue weighted by Gasteiger charge is 2.12. The van der Waals surface area contributed by atoms with Crippen molar-refractivity contribution in [2.75, 3.05) is 6.54 Å². The van der Waals surface area contributed by atoms with E-state index in [4.69, 9.17) is 10.5 Å². The third kappa shape index (κ3) is 2.87. The molecule has 1 aromatic heterocycles. The van der Waals surface area contributed by atoms with Gasteiger partial charge in [-0.1, -0.05) is 31.2 Å². The van der Waals surface area contributed by atoms with Gasteiger partial charge < -0.3 is 10.5 Å². The highest BCUT2D eigenvalue weighted by molar-refractivity contribution is 5.34. The van der Waals surface area contributed by atoms with Crippen molar-refractivity contribution in [2.24, 2.45) is 5.73 Å². The Morgan fingerprint density at radius 1 is 1.22 bits per heavy atom. The molecule has 2 aromatic rings. The van der Waals surface area contributed by atoms with Gasteiger partial charge in [-0.15, -0.1) is 0 Å². The van der Waals surface area contributed by atoms with Gasteiger partial charge in [-0.2, -0.15) is 0 Å². The highest BCUT2D eigenvalue weighted by Crippen LogP contribution is 2.24. The summed E-state index contributed by atoms with van der Waals surface area (Å²) >= 11 is 0. The van der Waals surface area contributed by atoms with E-state index in [2.05, 4.69) is 18.0 Å². The lowest BCUT2D eigenvalue weighted by atomic mass is 10.1. The van der Waals surface area contributed by atoms with E-state index in [1.54, 1.807) is 12.4 Å². The van der Waals surface area contributed by atoms with Crippen molar-refractivity contribution < 1.29 is 4.74 Å². The van der Waals surface area contributed by atoms with Crippen molar-refractivity contribution in [3.63, 3.8) is 0 Å². The van der Waals surface area contributed by atoms with Crippen LogP contribution in [0.3, 0.4) is 0 Å². The van der Waals surface area contributed by atoms with Crippen LogP contribution in [0, 0.1) is 0 Å². The monoisotopic (exact) mass is 242 g/mol. The van der Waals surface area contributed by atoms with Crippen molar-refractivity contribution in [3.8, 4) is 5.75 Å². The summed E-state index contributed by atoms with van der Waals surface area (Å²) in [6.07, 6.45) is 4.34. The van der Waals surface area contributed by atoms with Crippen molar-refractivity contribution >= 4 is 0 Å². The summed E-state index contributed by atoms with van der Waals surface area (Å²) in [6.45, 7) is 2.55. The van der Waals surface area contributed by atoms with Crippen molar-refractivity contribution in [3.05, 3.63) is 59.9 Å². The summed E-state index contributed by atoms with van der Waals surface area (Å²) in [4.78, 5) is 4.10. The van der Waals surface area contributed by atoms with Crippen LogP contribution in [0.25, 0.3) is 0 Å². The van der Waals surface area contributed by atoms with E-state index in [0.717, 1.165) is 17.7 Å². The number of nitrogens with two attached hydrogens (primary N) is 1. The zero-order valence-electron chi connectivity index (χ0n) is 10.5. The minimum Gasteiger partial charge on any atom is -0.484 e. The smallest absolute Gasteiger partial charge is 0.137 e. The van der Waals surface area contributed by atoms with E-state index in [1.807, 2.05) is 30.3 Å². The van der Waals surface area contributed by atoms with Crippen LogP contribution in [0.4, 0.5) is 0 Å². The Morgan fingerprint density at radius 2 is 2.06 bits per heavy atom. The molecule has 94 valence electrons. The van der Waals surface area contributed by atoms with Crippen LogP contribution in [0.2, 0.25) is 0 Å². The minimum atomic E-state index is -0.147. The predicted octanol–water partition coefficient (Wildman–Crippen LogP) is 2.72. The molecule has 3 heteroatoms. The fourth-order valence-corrected chi connectivity index (χ4v) is 1.88. The number of hydrogen-bond donors (Lipinski definition) is 1. The molecule has 0 aliphatic heterocycles. The Balaban J connectivity index is 2.21. The molecule has 0 spiro atoms. The van der Waals surface area contributed by atoms with Gasteiger partial charge in [0.2, 0.25) is 0 Å². The number of ether oxygens (including phenoxy) is 1. The Labute approximate surface area is 108 Å². The normalized spacial score (nSPS) is 12.1. The maximum absolute atomic E-state index is 6.01. The lowest BCUT2D eigenvalue weighted by molar-refractivity contribution is 0.212. The van der Waals surface area contributed by atoms with Crippen LogP contribution in [0.5, 0.6) is 5.75 Å². The number of benzene rings is 1. The summed E-state index contributed by atoms with van der Waals surface area (Å²) < 4.78 is 6.01. The summed E-state index contributed by atoms with van der Waals surface area (Å²) in [5.41, 5.74) is 7.99. The Bertz CT molecular complexity index is 485. The van der Waals surface area contributed by atoms with Gasteiger partial charge in [0.25, 0.3) is 0 Å². The number of para-hydroxylation sites is 1. The first-order valence-corrected chi connectivity index (χ1v) is 6.19. The maximum Gasteiger partial charge on any atom is 0.137 e. The van der Waals surface area contributed by atoms with Crippen LogP contribution < -0.4 is 10.5 Å². The summed E-state index contributed by atoms with van der Waals surface area (Å²) in [7, 11) is 0. The Morgan fingerprint density at radius 3 is 2.72 bits per heavy atom. The first-order valence-electron chi connectivity index (χ1n) is 6.19. The van der Waals surface area contributed by atoms with Crippen LogP contribution in [-0.4, -0.2) is 11.5 Å². The lowest BCUT2D eigenvalue weighted by Gasteiger charge is -2.19. The maximum atomic E-state index is 6.01. The second-order valence-electron chi connectivity index (χ2n) is 4.09. The van der Waals surface area contributed by atoms with E-state index in [1.165, 1.54) is 5.56 Å². The van der Waals surface area contributed by atoms with E-state index >= 15 is 0 Å². The molecular formula is C15H18N2O. The fourth-order valence-electron chi connectivity index (χ4n) is 1.88. The molecule has 0 amide bonds. The van der Waals surface area contributed by atoms with Gasteiger partial charge in [-0.3, -0.25) is 4.98 Å². The molecule has 18 heavy (non-hydrogen) atoms. The Hall–Kier alpha value is -1.87. The van der Waals surface area contributed by atoms with E-state index in [9.17, 15) is 0 Å². The molecule has 0 saturated carbocycles. The molecule has 0 aliphatic rings. The summed E-state index contributed by atoms with van der Waals surface area (Å²) in [5, 5.41) is 0. The molecule has 0 bridgehead atoms. The average molecular weight is 242 g/mol. The topological polar surface area (TPSA) is 48.1 Å². The molecule has 1 unspecified atom stereocenters. The molecule has 2 N–H and O–H groups in total. The number of nitrogens with zero attached hydrogens (tertiary/aromatic N) is 1. The molecule has 3 nitrogen and oxygen atoms in total. The summed E-state index contributed by atoms with van der Waals surface area (Å²) in [6, 6.07) is 11.9. The van der Waals surface area contributed by atoms with Gasteiger partial charge in [0.05, 0.1) is 0 Å². The second-order valence-corrected chi connectivity index (χ2v) is 4.09. The van der Waals surface area contributed by atoms with E-state index < -0.39 is 0 Å². The number of pyridine rings is 1. The summed E-state index contributed by atoms with van der Waals surface area (Å²) in [5.74, 6) is 0.902. The predicted molar refractivity (Wildman–Crippen MR) is 72.5 cm³/mol. The molecule has 0 aliphatic carbocycles. The lowest BCUT2D eigenvalue weighted by Crippen LogP contribution is -2.19. The van der Waals surface area contributed by atoms with Crippen LogP contribution >= 0.6 is 0 Å². The second kappa shape index (κ2) is 6.17. The third-order valence-electron chi connectivity index (χ3n) is 2.89. The number of aromatic nitrogens is 1. The molecule has 0 radical (unpaired) electrons. The molecule has 1 atom stereocenters. The Kier molecular flexibility index (Phi) is 4.31. The van der Waals surface area contributed by atoms with Crippen molar-refractivity contribution in [2.45, 2.75) is 19.4 Å². The van der Waals surface area contributed by atoms with E-state index in [0.29, 0.717) is 6.54 Å². The molecule has 1 aromatic carbocycles. The van der Waals surface area contributed by atoms with Crippen molar-refractivity contribution in [1.29, 1.82) is 0 Å². The van der Waals surface area contributed by atoms with Crippen molar-refractivity contribution in [1.82, 2.24) is 4.98 Å². The van der Waals surface area contributed by atoms with Gasteiger partial charge >= 0.3 is 0 Å². The molecule has 1 heterocycles. The number of rotatable bonds is 5. The van der Waals surface area contributed by atoms with Crippen LogP contribution in [0.1, 0.15) is 24.2 Å². The molecule has 2 rings (SSSR count). The highest BCUT2D eigenvalue weighted by atomic mass is 16.5. The molecular weight excluding hydrogens is 224 g/mol. The van der Waals surface area contributed by atoms with E-state index in [-0.39, 0.29) is 6.10 Å². The SMILES string of the molecule is CCc1ccccc1OC(CN)c1cccnc1. The standard InChI is InChI=1S/C15H18N2O/c1-2-12-6-3-4-8-14(12)18-15(10-16)13-7-5-9-17-11-13/h3-9,11,15H,2,10,16H2,1H3. The zero-order chi connectivity index (χ0) is 12.8. The number of aryl methyl sites for hydroxylation is 1. The quantitative estimate of drug-likeness (QED) is 0.877. The van der Waals surface area contributed by atoms with Gasteiger partial charge in [0.15, 0.2) is 0 Å². The third-order valence-corrected chi connectivity index (χ3v) is 2.89. The first kappa shape index (κ1) is 12.6. The molecule has 0 fully saturated rings. The fraction of sp³-hybridized carbons (Fsp3) is 0.267. The first-order chi connectivity index (χ1) is 8.85. The number of hydrogen-bond acceptors (Lipinski definition) is 3. The van der Waals surface area contributed by atoms with Gasteiger partial charge in [0.1, 0.15) is 11.9 Å². The van der Waals surface area contributed by atoms with Crippen LogP contribution in [-0.2, 0) is 6.42 Å². The van der Waals surface area contributed by atoms with Gasteiger partial charge in [-0.25, -0.2) is 0 Å². The van der Waals surface area contributed by atoms with Gasteiger partial charge in [-0.05, 0) is 24.1 Å². The van der Waals surface area contributed by atoms with Gasteiger partial charge in [0, 0.05) is 24.5 Å².